The van der Waals surface area contributed by atoms with Crippen molar-refractivity contribution in [1.29, 1.82) is 0 Å². The van der Waals surface area contributed by atoms with Crippen LogP contribution < -0.4 is 10.5 Å². The van der Waals surface area contributed by atoms with Crippen LogP contribution in [-0.2, 0) is 6.54 Å². The molecule has 0 amide bonds. The number of rotatable bonds is 5. The summed E-state index contributed by atoms with van der Waals surface area (Å²) in [5.74, 6) is 1.88. The molecule has 0 aliphatic carbocycles. The Hall–Kier alpha value is -1.81. The Morgan fingerprint density at radius 2 is 2.06 bits per heavy atom. The van der Waals surface area contributed by atoms with Crippen LogP contribution in [0.25, 0.3) is 0 Å². The van der Waals surface area contributed by atoms with E-state index < -0.39 is 0 Å². The Balaban J connectivity index is 1.85. The second kappa shape index (κ2) is 5.69. The molecule has 1 heterocycles. The number of hydrogen-bond donors (Lipinski definition) is 1. The van der Waals surface area contributed by atoms with Gasteiger partial charge in [0.05, 0.1) is 6.54 Å². The van der Waals surface area contributed by atoms with Crippen molar-refractivity contribution in [2.24, 2.45) is 5.73 Å². The fourth-order valence-corrected chi connectivity index (χ4v) is 1.77. The summed E-state index contributed by atoms with van der Waals surface area (Å²) in [7, 11) is 0. The Kier molecular flexibility index (Phi) is 3.99. The van der Waals surface area contributed by atoms with E-state index >= 15 is 0 Å². The van der Waals surface area contributed by atoms with E-state index in [0.717, 1.165) is 23.7 Å². The van der Waals surface area contributed by atoms with Gasteiger partial charge in [0, 0.05) is 18.4 Å². The summed E-state index contributed by atoms with van der Waals surface area (Å²) < 4.78 is 7.75. The quantitative estimate of drug-likeness (QED) is 0.879. The third kappa shape index (κ3) is 3.11. The molecule has 0 saturated carbocycles. The van der Waals surface area contributed by atoms with Gasteiger partial charge in [-0.05, 0) is 31.5 Å². The number of hydrogen-bond acceptors (Lipinski definition) is 3. The van der Waals surface area contributed by atoms with E-state index in [1.807, 2.05) is 44.3 Å². The largest absolute Gasteiger partial charge is 0.492 e. The smallest absolute Gasteiger partial charge is 0.119 e. The molecular formula is C14H19N3O. The molecule has 0 aliphatic rings. The van der Waals surface area contributed by atoms with Crippen molar-refractivity contribution in [2.75, 3.05) is 6.61 Å². The lowest BCUT2D eigenvalue weighted by molar-refractivity contribution is 0.297. The molecule has 0 spiro atoms. The van der Waals surface area contributed by atoms with Gasteiger partial charge in [0.15, 0.2) is 0 Å². The molecule has 2 rings (SSSR count). The summed E-state index contributed by atoms with van der Waals surface area (Å²) in [6.45, 7) is 5.39. The van der Waals surface area contributed by atoms with E-state index in [1.54, 1.807) is 6.20 Å². The van der Waals surface area contributed by atoms with Crippen LogP contribution in [0.2, 0.25) is 0 Å². The van der Waals surface area contributed by atoms with E-state index in [2.05, 4.69) is 9.55 Å². The van der Waals surface area contributed by atoms with E-state index in [0.29, 0.717) is 6.61 Å². The first kappa shape index (κ1) is 12.6. The monoisotopic (exact) mass is 245 g/mol. The molecule has 4 heteroatoms. The van der Waals surface area contributed by atoms with Gasteiger partial charge >= 0.3 is 0 Å². The zero-order valence-electron chi connectivity index (χ0n) is 10.8. The lowest BCUT2D eigenvalue weighted by Crippen LogP contribution is -2.09. The summed E-state index contributed by atoms with van der Waals surface area (Å²) in [6, 6.07) is 7.98. The summed E-state index contributed by atoms with van der Waals surface area (Å²) >= 11 is 0. The first-order valence-electron chi connectivity index (χ1n) is 6.13. The highest BCUT2D eigenvalue weighted by atomic mass is 16.5. The minimum Gasteiger partial charge on any atom is -0.492 e. The first-order valence-corrected chi connectivity index (χ1v) is 6.13. The van der Waals surface area contributed by atoms with Crippen molar-refractivity contribution < 1.29 is 4.74 Å². The van der Waals surface area contributed by atoms with Crippen LogP contribution >= 0.6 is 0 Å². The van der Waals surface area contributed by atoms with Crippen molar-refractivity contribution in [3.05, 3.63) is 48.0 Å². The highest BCUT2D eigenvalue weighted by molar-refractivity contribution is 5.28. The molecule has 0 saturated heterocycles. The lowest BCUT2D eigenvalue weighted by atomic mass is 10.1. The summed E-state index contributed by atoms with van der Waals surface area (Å²) in [5.41, 5.74) is 6.91. The Morgan fingerprint density at radius 1 is 1.33 bits per heavy atom. The predicted molar refractivity (Wildman–Crippen MR) is 71.5 cm³/mol. The normalized spacial score (nSPS) is 12.4. The summed E-state index contributed by atoms with van der Waals surface area (Å²) in [6.07, 6.45) is 3.75. The molecule has 1 atom stereocenters. The Bertz CT molecular complexity index is 488. The second-order valence-corrected chi connectivity index (χ2v) is 4.37. The maximum Gasteiger partial charge on any atom is 0.119 e. The first-order chi connectivity index (χ1) is 8.66. The molecule has 0 bridgehead atoms. The molecule has 0 radical (unpaired) electrons. The van der Waals surface area contributed by atoms with E-state index in [4.69, 9.17) is 10.5 Å². The van der Waals surface area contributed by atoms with E-state index in [1.165, 1.54) is 0 Å². The number of imidazole rings is 1. The van der Waals surface area contributed by atoms with Crippen LogP contribution in [0, 0.1) is 6.92 Å². The van der Waals surface area contributed by atoms with E-state index in [-0.39, 0.29) is 6.04 Å². The number of nitrogens with two attached hydrogens (primary N) is 1. The van der Waals surface area contributed by atoms with Crippen LogP contribution in [0.15, 0.2) is 36.7 Å². The zero-order chi connectivity index (χ0) is 13.0. The molecule has 0 unspecified atom stereocenters. The second-order valence-electron chi connectivity index (χ2n) is 4.37. The van der Waals surface area contributed by atoms with Gasteiger partial charge in [-0.3, -0.25) is 0 Å². The predicted octanol–water partition coefficient (Wildman–Crippen LogP) is 2.29. The molecule has 1 aromatic heterocycles. The van der Waals surface area contributed by atoms with Gasteiger partial charge in [-0.25, -0.2) is 4.98 Å². The minimum absolute atomic E-state index is 0.0626. The molecule has 1 aromatic carbocycles. The topological polar surface area (TPSA) is 53.1 Å². The molecule has 0 fully saturated rings. The number of aromatic nitrogens is 2. The average molecular weight is 245 g/mol. The highest BCUT2D eigenvalue weighted by Crippen LogP contribution is 2.16. The lowest BCUT2D eigenvalue weighted by Gasteiger charge is -2.10. The summed E-state index contributed by atoms with van der Waals surface area (Å²) in [5, 5.41) is 0. The van der Waals surface area contributed by atoms with Crippen LogP contribution in [-0.4, -0.2) is 16.2 Å². The van der Waals surface area contributed by atoms with Gasteiger partial charge in [0.1, 0.15) is 18.2 Å². The molecule has 4 nitrogen and oxygen atoms in total. The van der Waals surface area contributed by atoms with Gasteiger partial charge in [-0.2, -0.15) is 0 Å². The maximum atomic E-state index is 5.79. The van der Waals surface area contributed by atoms with Crippen molar-refractivity contribution in [3.8, 4) is 5.75 Å². The third-order valence-corrected chi connectivity index (χ3v) is 2.93. The molecule has 2 aromatic rings. The molecular weight excluding hydrogens is 226 g/mol. The number of ether oxygens (including phenoxy) is 1. The van der Waals surface area contributed by atoms with Crippen molar-refractivity contribution in [1.82, 2.24) is 9.55 Å². The van der Waals surface area contributed by atoms with Crippen LogP contribution in [0.5, 0.6) is 5.75 Å². The SMILES string of the molecule is Cc1nccn1CCOc1ccc([C@H](C)N)cc1. The number of nitrogens with zero attached hydrogens (tertiary/aromatic N) is 2. The fraction of sp³-hybridized carbons (Fsp3) is 0.357. The highest BCUT2D eigenvalue weighted by Gasteiger charge is 2.00. The maximum absolute atomic E-state index is 5.79. The van der Waals surface area contributed by atoms with Crippen molar-refractivity contribution in [3.63, 3.8) is 0 Å². The van der Waals surface area contributed by atoms with Crippen molar-refractivity contribution >= 4 is 0 Å². The zero-order valence-corrected chi connectivity index (χ0v) is 10.8. The van der Waals surface area contributed by atoms with Crippen molar-refractivity contribution in [2.45, 2.75) is 26.4 Å². The van der Waals surface area contributed by atoms with Crippen LogP contribution in [0.4, 0.5) is 0 Å². The standard InChI is InChI=1S/C14H19N3O/c1-11(15)13-3-5-14(6-4-13)18-10-9-17-8-7-16-12(17)2/h3-8,11H,9-10,15H2,1-2H3/t11-/m0/s1. The minimum atomic E-state index is 0.0626. The Morgan fingerprint density at radius 3 is 2.61 bits per heavy atom. The van der Waals surface area contributed by atoms with E-state index in [9.17, 15) is 0 Å². The summed E-state index contributed by atoms with van der Waals surface area (Å²) in [4.78, 5) is 4.17. The van der Waals surface area contributed by atoms with Crippen LogP contribution in [0.3, 0.4) is 0 Å². The number of benzene rings is 1. The fourth-order valence-electron chi connectivity index (χ4n) is 1.77. The number of aryl methyl sites for hydroxylation is 1. The molecule has 96 valence electrons. The molecule has 2 N–H and O–H groups in total. The van der Waals surface area contributed by atoms with Crippen LogP contribution in [0.1, 0.15) is 24.4 Å². The third-order valence-electron chi connectivity index (χ3n) is 2.93. The van der Waals surface area contributed by atoms with Gasteiger partial charge in [0.2, 0.25) is 0 Å². The Labute approximate surface area is 107 Å². The molecule has 0 aliphatic heterocycles. The van der Waals surface area contributed by atoms with Gasteiger partial charge in [0.25, 0.3) is 0 Å². The van der Waals surface area contributed by atoms with Gasteiger partial charge in [-0.1, -0.05) is 12.1 Å². The van der Waals surface area contributed by atoms with Gasteiger partial charge in [-0.15, -0.1) is 0 Å². The molecule has 18 heavy (non-hydrogen) atoms. The average Bonchev–Trinajstić information content (AvgIpc) is 2.76. The van der Waals surface area contributed by atoms with Gasteiger partial charge < -0.3 is 15.0 Å².